The van der Waals surface area contributed by atoms with Crippen LogP contribution in [-0.4, -0.2) is 33.3 Å². The van der Waals surface area contributed by atoms with Gasteiger partial charge in [-0.3, -0.25) is 0 Å². The van der Waals surface area contributed by atoms with Crippen molar-refractivity contribution in [3.63, 3.8) is 0 Å². The molecular weight excluding hydrogens is 433 g/mol. The topological polar surface area (TPSA) is 72.6 Å². The molecule has 5 nitrogen and oxygen atoms in total. The molecule has 1 aliphatic heterocycles. The predicted octanol–water partition coefficient (Wildman–Crippen LogP) is 5.83. The second-order valence-corrected chi connectivity index (χ2v) is 8.32. The van der Waals surface area contributed by atoms with E-state index in [1.807, 2.05) is 0 Å². The number of nitroso groups, excluding NO2 is 1. The van der Waals surface area contributed by atoms with Crippen molar-refractivity contribution in [2.45, 2.75) is 43.5 Å². The van der Waals surface area contributed by atoms with E-state index >= 15 is 0 Å². The van der Waals surface area contributed by atoms with Crippen LogP contribution in [0.25, 0.3) is 6.08 Å². The summed E-state index contributed by atoms with van der Waals surface area (Å²) in [5, 5.41) is 24.4. The van der Waals surface area contributed by atoms with Crippen LogP contribution in [0.3, 0.4) is 0 Å². The summed E-state index contributed by atoms with van der Waals surface area (Å²) in [6.45, 7) is 1.83. The summed E-state index contributed by atoms with van der Waals surface area (Å²) in [7, 11) is 0. The third kappa shape index (κ3) is 3.38. The molecule has 4 rings (SSSR count). The molecule has 2 aliphatic rings. The van der Waals surface area contributed by atoms with E-state index in [4.69, 9.17) is 11.6 Å². The van der Waals surface area contributed by atoms with Crippen LogP contribution < -0.4 is 5.32 Å². The zero-order valence-corrected chi connectivity index (χ0v) is 17.3. The highest BCUT2D eigenvalue weighted by atomic mass is 35.5. The Morgan fingerprint density at radius 3 is 2.71 bits per heavy atom. The number of aromatic hydroxyl groups is 1. The maximum atomic E-state index is 14.2. The minimum absolute atomic E-state index is 0.0374. The molecule has 0 saturated heterocycles. The van der Waals surface area contributed by atoms with E-state index in [1.54, 1.807) is 37.3 Å². The van der Waals surface area contributed by atoms with Gasteiger partial charge in [0.25, 0.3) is 5.69 Å². The number of fused-ring (bicyclic) bond motifs is 2. The largest absolute Gasteiger partial charge is 0.506 e. The van der Waals surface area contributed by atoms with Gasteiger partial charge in [-0.25, -0.2) is 0 Å². The zero-order valence-electron chi connectivity index (χ0n) is 16.6. The smallest absolute Gasteiger partial charge is 0.419 e. The molecule has 0 unspecified atom stereocenters. The average Bonchev–Trinajstić information content (AvgIpc) is 2.72. The van der Waals surface area contributed by atoms with E-state index in [0.717, 1.165) is 4.76 Å². The highest BCUT2D eigenvalue weighted by molar-refractivity contribution is 6.32. The molecule has 9 heteroatoms. The molecule has 31 heavy (non-hydrogen) atoms. The van der Waals surface area contributed by atoms with E-state index in [9.17, 15) is 28.3 Å². The fourth-order valence-electron chi connectivity index (χ4n) is 4.55. The van der Waals surface area contributed by atoms with E-state index in [-0.39, 0.29) is 35.0 Å². The third-order valence-electron chi connectivity index (χ3n) is 6.15. The Balaban J connectivity index is 1.91. The molecule has 2 aromatic rings. The lowest BCUT2D eigenvalue weighted by Gasteiger charge is -2.46. The summed E-state index contributed by atoms with van der Waals surface area (Å²) in [5.41, 5.74) is -1.64. The number of nitrogens with one attached hydrogen (secondary N) is 1. The van der Waals surface area contributed by atoms with Crippen LogP contribution in [-0.2, 0) is 0 Å². The molecule has 1 heterocycles. The Hall–Kier alpha value is -2.58. The second-order valence-electron chi connectivity index (χ2n) is 7.91. The van der Waals surface area contributed by atoms with Crippen LogP contribution in [0.4, 0.5) is 24.5 Å². The molecule has 0 bridgehead atoms. The minimum Gasteiger partial charge on any atom is -0.506 e. The zero-order chi connectivity index (χ0) is 22.6. The maximum Gasteiger partial charge on any atom is 0.419 e. The van der Waals surface area contributed by atoms with E-state index in [0.29, 0.717) is 16.8 Å². The number of nitrogens with zero attached hydrogens (tertiary/aromatic N) is 1. The number of aliphatic hydroxyl groups is 1. The first-order chi connectivity index (χ1) is 14.6. The van der Waals surface area contributed by atoms with E-state index in [2.05, 4.69) is 5.32 Å². The number of alkyl halides is 3. The van der Waals surface area contributed by atoms with Crippen LogP contribution in [0.15, 0.2) is 36.4 Å². The van der Waals surface area contributed by atoms with Crippen molar-refractivity contribution in [3.05, 3.63) is 63.0 Å². The fourth-order valence-corrected chi connectivity index (χ4v) is 4.71. The highest BCUT2D eigenvalue weighted by Crippen LogP contribution is 2.56. The van der Waals surface area contributed by atoms with Crippen molar-refractivity contribution in [2.24, 2.45) is 0 Å². The van der Waals surface area contributed by atoms with Gasteiger partial charge in [-0.15, -0.1) is 0 Å². The summed E-state index contributed by atoms with van der Waals surface area (Å²) in [6.07, 6.45) is -2.02. The molecule has 3 N–H and O–H groups in total. The van der Waals surface area contributed by atoms with Crippen molar-refractivity contribution in [3.8, 4) is 5.75 Å². The van der Waals surface area contributed by atoms with Gasteiger partial charge in [0.1, 0.15) is 5.75 Å². The highest BCUT2D eigenvalue weighted by Gasteiger charge is 2.62. The van der Waals surface area contributed by atoms with Gasteiger partial charge in [-0.1, -0.05) is 30.7 Å². The lowest BCUT2D eigenvalue weighted by molar-refractivity contribution is -0.452. The monoisotopic (exact) mass is 453 g/mol. The van der Waals surface area contributed by atoms with Gasteiger partial charge in [-0.2, -0.15) is 13.2 Å². The van der Waals surface area contributed by atoms with Crippen LogP contribution in [0.1, 0.15) is 48.4 Å². The predicted molar refractivity (Wildman–Crippen MR) is 112 cm³/mol. The number of hydrogen-bond donors (Lipinski definition) is 3. The molecule has 164 valence electrons. The van der Waals surface area contributed by atoms with Crippen molar-refractivity contribution in [2.75, 3.05) is 11.9 Å². The van der Waals surface area contributed by atoms with Crippen molar-refractivity contribution >= 4 is 29.1 Å². The fraction of sp³-hybridized carbons (Fsp3) is 0.364. The Labute approximate surface area is 181 Å². The van der Waals surface area contributed by atoms with Crippen molar-refractivity contribution in [1.29, 1.82) is 0 Å². The number of hydrogen-bond acceptors (Lipinski definition) is 4. The first-order valence-corrected chi connectivity index (χ1v) is 10.3. The molecular formula is C22H21ClF3N2O3+. The van der Waals surface area contributed by atoms with Crippen LogP contribution >= 0.6 is 11.6 Å². The van der Waals surface area contributed by atoms with Crippen LogP contribution in [0, 0.1) is 4.91 Å². The van der Waals surface area contributed by atoms with Gasteiger partial charge >= 0.3 is 6.18 Å². The van der Waals surface area contributed by atoms with Crippen molar-refractivity contribution < 1.29 is 28.1 Å². The third-order valence-corrected chi connectivity index (χ3v) is 6.45. The van der Waals surface area contributed by atoms with Crippen LogP contribution in [0.2, 0.25) is 5.02 Å². The Bertz CT molecular complexity index is 1090. The summed E-state index contributed by atoms with van der Waals surface area (Å²) in [5.74, 6) is -1.01. The van der Waals surface area contributed by atoms with E-state index < -0.39 is 30.2 Å². The summed E-state index contributed by atoms with van der Waals surface area (Å²) in [4.78, 5) is 12.1. The molecule has 0 fully saturated rings. The SMILES string of the molecule is CC[C@H]1C[C@@](O)(C(F)(F)F)[C@H](Nc2cccc3c2C=CC[N+]3=O)c2ccc(Cl)c(O)c21. The standard InChI is InChI=1S/C22H20ClF3N2O3/c1-2-12-11-21(30,22(24,25)26)20(14-8-9-15(23)19(29)18(12)14)27-16-6-3-7-17-13(16)5-4-10-28(17)31/h3-9,12,20,27,30H,2,10-11H2,1H3/p+1/t12-,20+,21-/m0/s1. The molecule has 1 aliphatic carbocycles. The number of phenolic OH excluding ortho intramolecular Hbond substituents is 1. The van der Waals surface area contributed by atoms with Gasteiger partial charge in [0, 0.05) is 27.0 Å². The molecule has 0 spiro atoms. The molecule has 0 amide bonds. The normalized spacial score (nSPS) is 25.2. The first kappa shape index (κ1) is 21.6. The Morgan fingerprint density at radius 1 is 1.29 bits per heavy atom. The molecule has 2 aromatic carbocycles. The molecule has 0 radical (unpaired) electrons. The lowest BCUT2D eigenvalue weighted by atomic mass is 9.69. The first-order valence-electron chi connectivity index (χ1n) is 9.89. The lowest BCUT2D eigenvalue weighted by Crippen LogP contribution is -2.55. The number of rotatable bonds is 3. The van der Waals surface area contributed by atoms with Gasteiger partial charge in [-0.05, 0) is 48.6 Å². The summed E-state index contributed by atoms with van der Waals surface area (Å²) >= 11 is 6.04. The van der Waals surface area contributed by atoms with Gasteiger partial charge in [0.15, 0.2) is 5.60 Å². The quantitative estimate of drug-likeness (QED) is 0.511. The second kappa shape index (κ2) is 7.53. The van der Waals surface area contributed by atoms with Gasteiger partial charge in [0.2, 0.25) is 6.54 Å². The number of phenols is 1. The summed E-state index contributed by atoms with van der Waals surface area (Å²) < 4.78 is 43.4. The molecule has 0 saturated carbocycles. The number of anilines is 1. The molecule has 3 atom stereocenters. The number of benzene rings is 2. The average molecular weight is 454 g/mol. The summed E-state index contributed by atoms with van der Waals surface area (Å²) in [6, 6.07) is 5.81. The van der Waals surface area contributed by atoms with Crippen LogP contribution in [0.5, 0.6) is 5.75 Å². The van der Waals surface area contributed by atoms with Gasteiger partial charge in [0.05, 0.1) is 16.6 Å². The van der Waals surface area contributed by atoms with E-state index in [1.165, 1.54) is 12.1 Å². The molecule has 0 aromatic heterocycles. The number of halogens is 4. The Kier molecular flexibility index (Phi) is 5.26. The Morgan fingerprint density at radius 2 is 2.03 bits per heavy atom. The van der Waals surface area contributed by atoms with Crippen molar-refractivity contribution in [1.82, 2.24) is 0 Å². The van der Waals surface area contributed by atoms with Gasteiger partial charge < -0.3 is 15.5 Å². The maximum absolute atomic E-state index is 14.2. The minimum atomic E-state index is -4.94.